The molecule has 0 amide bonds. The maximum Gasteiger partial charge on any atom is 0.135 e. The van der Waals surface area contributed by atoms with E-state index in [1.54, 1.807) is 0 Å². The Kier molecular flexibility index (Phi) is 5.58. The van der Waals surface area contributed by atoms with Crippen molar-refractivity contribution in [1.29, 1.82) is 0 Å². The molecule has 0 aliphatic heterocycles. The highest BCUT2D eigenvalue weighted by atomic mass is 16.1. The third-order valence-electron chi connectivity index (χ3n) is 3.67. The minimum atomic E-state index is 0.157. The molecule has 1 nitrogen and oxygen atoms in total. The van der Waals surface area contributed by atoms with Crippen molar-refractivity contribution in [2.24, 2.45) is 17.8 Å². The van der Waals surface area contributed by atoms with Gasteiger partial charge in [0, 0.05) is 12.3 Å². The van der Waals surface area contributed by atoms with E-state index in [1.165, 1.54) is 11.1 Å². The first-order valence-corrected chi connectivity index (χ1v) is 6.98. The van der Waals surface area contributed by atoms with Crippen LogP contribution in [0.5, 0.6) is 0 Å². The van der Waals surface area contributed by atoms with E-state index < -0.39 is 0 Å². The van der Waals surface area contributed by atoms with Crippen molar-refractivity contribution in [2.45, 2.75) is 47.5 Å². The van der Waals surface area contributed by atoms with E-state index in [4.69, 9.17) is 0 Å². The van der Waals surface area contributed by atoms with Crippen LogP contribution in [-0.2, 0) is 11.2 Å². The maximum atomic E-state index is 11.9. The highest BCUT2D eigenvalue weighted by molar-refractivity contribution is 5.80. The molecule has 0 saturated heterocycles. The molecular formula is C17H26O. The lowest BCUT2D eigenvalue weighted by atomic mass is 9.83. The van der Waals surface area contributed by atoms with E-state index in [2.05, 4.69) is 45.0 Å². The molecule has 0 aliphatic rings. The second-order valence-corrected chi connectivity index (χ2v) is 6.02. The smallest absolute Gasteiger partial charge is 0.135 e. The van der Waals surface area contributed by atoms with Crippen LogP contribution in [0.2, 0.25) is 0 Å². The second kappa shape index (κ2) is 6.72. The maximum absolute atomic E-state index is 11.9. The van der Waals surface area contributed by atoms with Gasteiger partial charge in [-0.15, -0.1) is 0 Å². The van der Waals surface area contributed by atoms with Crippen molar-refractivity contribution in [1.82, 2.24) is 0 Å². The summed E-state index contributed by atoms with van der Waals surface area (Å²) in [7, 11) is 0. The number of hydrogen-bond donors (Lipinski definition) is 0. The molecule has 0 aromatic heterocycles. The average Bonchev–Trinajstić information content (AvgIpc) is 2.30. The molecule has 0 saturated carbocycles. The van der Waals surface area contributed by atoms with Crippen molar-refractivity contribution in [3.05, 3.63) is 35.4 Å². The van der Waals surface area contributed by atoms with Gasteiger partial charge >= 0.3 is 0 Å². The number of hydrogen-bond acceptors (Lipinski definition) is 1. The van der Waals surface area contributed by atoms with E-state index in [1.807, 2.05) is 13.8 Å². The first-order valence-electron chi connectivity index (χ1n) is 6.98. The molecular weight excluding hydrogens is 220 g/mol. The monoisotopic (exact) mass is 246 g/mol. The van der Waals surface area contributed by atoms with Crippen molar-refractivity contribution >= 4 is 5.78 Å². The summed E-state index contributed by atoms with van der Waals surface area (Å²) in [6.07, 6.45) is 1.72. The molecule has 0 fully saturated rings. The van der Waals surface area contributed by atoms with E-state index in [0.29, 0.717) is 24.0 Å². The van der Waals surface area contributed by atoms with Crippen LogP contribution < -0.4 is 0 Å². The Morgan fingerprint density at radius 2 is 1.61 bits per heavy atom. The Balaban J connectivity index is 2.68. The lowest BCUT2D eigenvalue weighted by molar-refractivity contribution is -0.123. The average molecular weight is 246 g/mol. The molecule has 0 radical (unpaired) electrons. The first-order chi connectivity index (χ1) is 8.40. The molecule has 0 aliphatic carbocycles. The van der Waals surface area contributed by atoms with Gasteiger partial charge in [0.15, 0.2) is 0 Å². The van der Waals surface area contributed by atoms with Crippen molar-refractivity contribution < 1.29 is 4.79 Å². The number of carbonyl (C=O) groups is 1. The van der Waals surface area contributed by atoms with Gasteiger partial charge in [0.1, 0.15) is 5.78 Å². The molecule has 0 heterocycles. The molecule has 0 spiro atoms. The van der Waals surface area contributed by atoms with Crippen LogP contribution in [0.15, 0.2) is 24.3 Å². The van der Waals surface area contributed by atoms with Crippen LogP contribution in [0.4, 0.5) is 0 Å². The van der Waals surface area contributed by atoms with Crippen molar-refractivity contribution in [3.8, 4) is 0 Å². The normalized spacial score (nSPS) is 13.1. The molecule has 1 heteroatoms. The van der Waals surface area contributed by atoms with Crippen LogP contribution >= 0.6 is 0 Å². The zero-order valence-corrected chi connectivity index (χ0v) is 12.4. The van der Waals surface area contributed by atoms with Crippen molar-refractivity contribution in [3.63, 3.8) is 0 Å². The van der Waals surface area contributed by atoms with E-state index in [0.717, 1.165) is 6.42 Å². The third-order valence-corrected chi connectivity index (χ3v) is 3.67. The summed E-state index contributed by atoms with van der Waals surface area (Å²) in [5, 5.41) is 0. The number of aryl methyl sites for hydroxylation is 1. The van der Waals surface area contributed by atoms with Gasteiger partial charge in [0.2, 0.25) is 0 Å². The summed E-state index contributed by atoms with van der Waals surface area (Å²) in [4.78, 5) is 11.9. The minimum absolute atomic E-state index is 0.157. The van der Waals surface area contributed by atoms with Crippen LogP contribution in [-0.4, -0.2) is 5.78 Å². The second-order valence-electron chi connectivity index (χ2n) is 6.02. The highest BCUT2D eigenvalue weighted by Crippen LogP contribution is 2.22. The van der Waals surface area contributed by atoms with Gasteiger partial charge in [0.05, 0.1) is 0 Å². The zero-order valence-electron chi connectivity index (χ0n) is 12.4. The standard InChI is InChI=1S/C17H26O/c1-12(2)16(11-17(18)13(3)4)10-15-8-6-14(5)7-9-15/h6-9,12-13,16H,10-11H2,1-5H3/t16-/m0/s1. The predicted octanol–water partition coefficient (Wildman–Crippen LogP) is 4.42. The Labute approximate surface area is 112 Å². The molecule has 0 unspecified atom stereocenters. The Bertz CT molecular complexity index is 373. The third kappa shape index (κ3) is 4.64. The lowest BCUT2D eigenvalue weighted by Gasteiger charge is -2.21. The van der Waals surface area contributed by atoms with Gasteiger partial charge in [-0.2, -0.15) is 0 Å². The summed E-state index contributed by atoms with van der Waals surface area (Å²) in [6, 6.07) is 8.67. The number of benzene rings is 1. The minimum Gasteiger partial charge on any atom is -0.299 e. The van der Waals surface area contributed by atoms with Gasteiger partial charge in [-0.3, -0.25) is 4.79 Å². The fraction of sp³-hybridized carbons (Fsp3) is 0.588. The van der Waals surface area contributed by atoms with Gasteiger partial charge in [0.25, 0.3) is 0 Å². The fourth-order valence-electron chi connectivity index (χ4n) is 2.06. The summed E-state index contributed by atoms with van der Waals surface area (Å²) in [5.74, 6) is 1.56. The highest BCUT2D eigenvalue weighted by Gasteiger charge is 2.19. The van der Waals surface area contributed by atoms with Crippen LogP contribution in [0.25, 0.3) is 0 Å². The molecule has 1 aromatic rings. The topological polar surface area (TPSA) is 17.1 Å². The van der Waals surface area contributed by atoms with Gasteiger partial charge in [-0.05, 0) is 30.7 Å². The summed E-state index contributed by atoms with van der Waals surface area (Å²) in [5.41, 5.74) is 2.63. The van der Waals surface area contributed by atoms with Crippen LogP contribution in [0.3, 0.4) is 0 Å². The zero-order chi connectivity index (χ0) is 13.7. The van der Waals surface area contributed by atoms with E-state index in [9.17, 15) is 4.79 Å². The van der Waals surface area contributed by atoms with Crippen molar-refractivity contribution in [2.75, 3.05) is 0 Å². The molecule has 1 rings (SSSR count). The quantitative estimate of drug-likeness (QED) is 0.726. The van der Waals surface area contributed by atoms with Gasteiger partial charge < -0.3 is 0 Å². The Morgan fingerprint density at radius 1 is 1.06 bits per heavy atom. The van der Waals surface area contributed by atoms with Gasteiger partial charge in [-0.1, -0.05) is 57.5 Å². The lowest BCUT2D eigenvalue weighted by Crippen LogP contribution is -2.19. The molecule has 1 atom stereocenters. The van der Waals surface area contributed by atoms with E-state index in [-0.39, 0.29) is 5.92 Å². The van der Waals surface area contributed by atoms with Crippen LogP contribution in [0, 0.1) is 24.7 Å². The number of rotatable bonds is 6. The van der Waals surface area contributed by atoms with Crippen LogP contribution in [0.1, 0.15) is 45.2 Å². The summed E-state index contributed by atoms with van der Waals surface area (Å²) < 4.78 is 0. The molecule has 18 heavy (non-hydrogen) atoms. The summed E-state index contributed by atoms with van der Waals surface area (Å²) in [6.45, 7) is 10.5. The molecule has 1 aromatic carbocycles. The van der Waals surface area contributed by atoms with Gasteiger partial charge in [-0.25, -0.2) is 0 Å². The summed E-state index contributed by atoms with van der Waals surface area (Å²) >= 11 is 0. The molecule has 0 N–H and O–H groups in total. The number of ketones is 1. The number of Topliss-reactive ketones (excluding diaryl/α,β-unsaturated/α-hetero) is 1. The Morgan fingerprint density at radius 3 is 2.06 bits per heavy atom. The van der Waals surface area contributed by atoms with E-state index >= 15 is 0 Å². The largest absolute Gasteiger partial charge is 0.299 e. The molecule has 0 bridgehead atoms. The molecule has 100 valence electrons. The Hall–Kier alpha value is -1.11. The first kappa shape index (κ1) is 14.9. The number of carbonyl (C=O) groups excluding carboxylic acids is 1. The SMILES string of the molecule is Cc1ccc(C[C@@H](CC(=O)C(C)C)C(C)C)cc1. The fourth-order valence-corrected chi connectivity index (χ4v) is 2.06. The predicted molar refractivity (Wildman–Crippen MR) is 77.7 cm³/mol.